The summed E-state index contributed by atoms with van der Waals surface area (Å²) in [5, 5.41) is 4.65. The molecule has 4 rings (SSSR count). The van der Waals surface area contributed by atoms with E-state index in [1.165, 1.54) is 12.1 Å². The van der Waals surface area contributed by atoms with Gasteiger partial charge in [-0.25, -0.2) is 4.39 Å². The second-order valence-corrected chi connectivity index (χ2v) is 7.80. The maximum absolute atomic E-state index is 13.3. The highest BCUT2D eigenvalue weighted by atomic mass is 19.1. The van der Waals surface area contributed by atoms with Crippen LogP contribution in [0.25, 0.3) is 10.8 Å². The molecule has 0 saturated carbocycles. The first-order valence-corrected chi connectivity index (χ1v) is 10.4. The first kappa shape index (κ1) is 20.8. The van der Waals surface area contributed by atoms with Crippen molar-refractivity contribution in [3.8, 4) is 5.75 Å². The Balaban J connectivity index is 1.46. The third kappa shape index (κ3) is 4.53. The highest BCUT2D eigenvalue weighted by Crippen LogP contribution is 2.30. The van der Waals surface area contributed by atoms with Crippen LogP contribution in [0.1, 0.15) is 28.8 Å². The molecular weight excluding hydrogens is 395 g/mol. The van der Waals surface area contributed by atoms with Gasteiger partial charge >= 0.3 is 0 Å². The molecule has 6 heteroatoms. The van der Waals surface area contributed by atoms with E-state index in [4.69, 9.17) is 4.74 Å². The molecule has 0 aromatic heterocycles. The van der Waals surface area contributed by atoms with E-state index in [-0.39, 0.29) is 23.5 Å². The number of hydrogen-bond donors (Lipinski definition) is 1. The summed E-state index contributed by atoms with van der Waals surface area (Å²) in [4.78, 5) is 27.8. The van der Waals surface area contributed by atoms with Crippen molar-refractivity contribution in [2.45, 2.75) is 19.4 Å². The van der Waals surface area contributed by atoms with E-state index in [1.807, 2.05) is 30.3 Å². The molecule has 1 aliphatic rings. The fraction of sp³-hybridized carbons (Fsp3) is 0.280. The minimum absolute atomic E-state index is 0.0742. The lowest BCUT2D eigenvalue weighted by Gasteiger charge is -2.32. The summed E-state index contributed by atoms with van der Waals surface area (Å²) in [6.07, 6.45) is 1.51. The summed E-state index contributed by atoms with van der Waals surface area (Å²) in [5.41, 5.74) is 1.45. The van der Waals surface area contributed by atoms with Gasteiger partial charge in [0.05, 0.1) is 13.0 Å². The highest BCUT2D eigenvalue weighted by molar-refractivity contribution is 6.08. The molecule has 3 aromatic carbocycles. The second-order valence-electron chi connectivity index (χ2n) is 7.80. The molecule has 1 aliphatic heterocycles. The number of benzene rings is 3. The highest BCUT2D eigenvalue weighted by Gasteiger charge is 2.29. The zero-order chi connectivity index (χ0) is 21.8. The van der Waals surface area contributed by atoms with Crippen LogP contribution < -0.4 is 10.1 Å². The summed E-state index contributed by atoms with van der Waals surface area (Å²) in [7, 11) is 1.61. The van der Waals surface area contributed by atoms with Gasteiger partial charge in [-0.15, -0.1) is 0 Å². The summed E-state index contributed by atoms with van der Waals surface area (Å²) >= 11 is 0. The fourth-order valence-electron chi connectivity index (χ4n) is 4.12. The van der Waals surface area contributed by atoms with E-state index in [0.29, 0.717) is 25.2 Å². The molecular formula is C25H25FN2O3. The van der Waals surface area contributed by atoms with E-state index >= 15 is 0 Å². The number of hydrogen-bond acceptors (Lipinski definition) is 3. The van der Waals surface area contributed by atoms with Crippen molar-refractivity contribution in [3.05, 3.63) is 77.6 Å². The minimum atomic E-state index is -0.303. The third-order valence-corrected chi connectivity index (χ3v) is 5.79. The van der Waals surface area contributed by atoms with Crippen molar-refractivity contribution < 1.29 is 18.7 Å². The molecule has 1 saturated heterocycles. The summed E-state index contributed by atoms with van der Waals surface area (Å²) < 4.78 is 18.5. The predicted molar refractivity (Wildman–Crippen MR) is 117 cm³/mol. The number of nitrogens with zero attached hydrogens (tertiary/aromatic N) is 1. The van der Waals surface area contributed by atoms with Gasteiger partial charge in [0.1, 0.15) is 11.6 Å². The van der Waals surface area contributed by atoms with Crippen LogP contribution in [-0.2, 0) is 11.3 Å². The summed E-state index contributed by atoms with van der Waals surface area (Å²) in [6, 6.07) is 17.3. The molecule has 3 aromatic rings. The number of carbonyl (C=O) groups excluding carboxylic acids is 2. The van der Waals surface area contributed by atoms with Gasteiger partial charge in [-0.2, -0.15) is 0 Å². The lowest BCUT2D eigenvalue weighted by molar-refractivity contribution is -0.126. The van der Waals surface area contributed by atoms with E-state index in [9.17, 15) is 14.0 Å². The van der Waals surface area contributed by atoms with Gasteiger partial charge in [-0.3, -0.25) is 9.59 Å². The van der Waals surface area contributed by atoms with Gasteiger partial charge in [0.25, 0.3) is 5.91 Å². The average molecular weight is 420 g/mol. The van der Waals surface area contributed by atoms with Crippen molar-refractivity contribution in [2.75, 3.05) is 20.2 Å². The van der Waals surface area contributed by atoms with Crippen LogP contribution in [0.4, 0.5) is 4.39 Å². The predicted octanol–water partition coefficient (Wildman–Crippen LogP) is 4.16. The topological polar surface area (TPSA) is 58.6 Å². The van der Waals surface area contributed by atoms with Gasteiger partial charge in [-0.05, 0) is 48.1 Å². The Kier molecular flexibility index (Phi) is 6.16. The molecule has 1 fully saturated rings. The number of piperidine rings is 1. The first-order valence-electron chi connectivity index (χ1n) is 10.4. The molecule has 0 radical (unpaired) electrons. The molecule has 31 heavy (non-hydrogen) atoms. The Bertz CT molecular complexity index is 1100. The average Bonchev–Trinajstić information content (AvgIpc) is 2.82. The molecule has 0 unspecified atom stereocenters. The fourth-order valence-corrected chi connectivity index (χ4v) is 4.12. The Morgan fingerprint density at radius 1 is 1.06 bits per heavy atom. The molecule has 1 atom stereocenters. The van der Waals surface area contributed by atoms with E-state index in [1.54, 1.807) is 30.2 Å². The van der Waals surface area contributed by atoms with Gasteiger partial charge in [0, 0.05) is 30.6 Å². The summed E-state index contributed by atoms with van der Waals surface area (Å²) in [5.74, 6) is 0.00497. The van der Waals surface area contributed by atoms with Crippen LogP contribution >= 0.6 is 0 Å². The SMILES string of the molecule is COc1ccc(C(=O)N2CCC[C@@H](C(=O)NCc3ccc(F)cc3)C2)c2ccccc12. The summed E-state index contributed by atoms with van der Waals surface area (Å²) in [6.45, 7) is 1.35. The second kappa shape index (κ2) is 9.16. The Morgan fingerprint density at radius 2 is 1.81 bits per heavy atom. The van der Waals surface area contributed by atoms with E-state index < -0.39 is 0 Å². The van der Waals surface area contributed by atoms with Crippen LogP contribution in [0, 0.1) is 11.7 Å². The number of nitrogens with one attached hydrogen (secondary N) is 1. The quantitative estimate of drug-likeness (QED) is 0.674. The number of fused-ring (bicyclic) bond motifs is 1. The van der Waals surface area contributed by atoms with Crippen LogP contribution in [-0.4, -0.2) is 36.9 Å². The lowest BCUT2D eigenvalue weighted by atomic mass is 9.95. The number of carbonyl (C=O) groups is 2. The minimum Gasteiger partial charge on any atom is -0.496 e. The monoisotopic (exact) mass is 420 g/mol. The third-order valence-electron chi connectivity index (χ3n) is 5.79. The van der Waals surface area contributed by atoms with E-state index in [0.717, 1.165) is 34.9 Å². The van der Waals surface area contributed by atoms with E-state index in [2.05, 4.69) is 5.32 Å². The molecule has 2 amide bonds. The number of ether oxygens (including phenoxy) is 1. The van der Waals surface area contributed by atoms with Gasteiger partial charge in [0.15, 0.2) is 0 Å². The zero-order valence-electron chi connectivity index (χ0n) is 17.4. The van der Waals surface area contributed by atoms with Gasteiger partial charge < -0.3 is 15.0 Å². The van der Waals surface area contributed by atoms with Crippen LogP contribution in [0.2, 0.25) is 0 Å². The van der Waals surface area contributed by atoms with Crippen LogP contribution in [0.5, 0.6) is 5.75 Å². The number of methoxy groups -OCH3 is 1. The molecule has 5 nitrogen and oxygen atoms in total. The standard InChI is InChI=1S/C25H25FN2O3/c1-31-23-13-12-22(20-6-2-3-7-21(20)23)25(30)28-14-4-5-18(16-28)24(29)27-15-17-8-10-19(26)11-9-17/h2-3,6-13,18H,4-5,14-16H2,1H3,(H,27,29)/t18-/m1/s1. The number of halogens is 1. The molecule has 1 heterocycles. The number of likely N-dealkylation sites (tertiary alicyclic amines) is 1. The molecule has 0 aliphatic carbocycles. The smallest absolute Gasteiger partial charge is 0.254 e. The van der Waals surface area contributed by atoms with Crippen molar-refractivity contribution in [3.63, 3.8) is 0 Å². The van der Waals surface area contributed by atoms with Crippen molar-refractivity contribution in [1.29, 1.82) is 0 Å². The molecule has 160 valence electrons. The number of rotatable bonds is 5. The van der Waals surface area contributed by atoms with Crippen molar-refractivity contribution in [2.24, 2.45) is 5.92 Å². The van der Waals surface area contributed by atoms with Crippen LogP contribution in [0.3, 0.4) is 0 Å². The zero-order valence-corrected chi connectivity index (χ0v) is 17.4. The molecule has 0 spiro atoms. The number of amides is 2. The van der Waals surface area contributed by atoms with Gasteiger partial charge in [0.2, 0.25) is 5.91 Å². The maximum atomic E-state index is 13.3. The lowest BCUT2D eigenvalue weighted by Crippen LogP contribution is -2.45. The Labute approximate surface area is 180 Å². The Hall–Kier alpha value is -3.41. The molecule has 1 N–H and O–H groups in total. The van der Waals surface area contributed by atoms with Crippen molar-refractivity contribution in [1.82, 2.24) is 10.2 Å². The maximum Gasteiger partial charge on any atom is 0.254 e. The van der Waals surface area contributed by atoms with Gasteiger partial charge in [-0.1, -0.05) is 36.4 Å². The Morgan fingerprint density at radius 3 is 2.55 bits per heavy atom. The largest absolute Gasteiger partial charge is 0.496 e. The normalized spacial score (nSPS) is 16.2. The van der Waals surface area contributed by atoms with Crippen molar-refractivity contribution >= 4 is 22.6 Å². The van der Waals surface area contributed by atoms with Crippen LogP contribution in [0.15, 0.2) is 60.7 Å². The first-order chi connectivity index (χ1) is 15.1. The molecule has 0 bridgehead atoms.